The number of carbonyl (C=O) groups excluding carboxylic acids is 1. The summed E-state index contributed by atoms with van der Waals surface area (Å²) in [7, 11) is 0. The molecule has 2 aliphatic rings. The lowest BCUT2D eigenvalue weighted by Crippen LogP contribution is -2.43. The average Bonchev–Trinajstić information content (AvgIpc) is 3.06. The number of halogens is 3. The number of aromatic nitrogens is 3. The molecule has 1 amide bonds. The summed E-state index contributed by atoms with van der Waals surface area (Å²) in [4.78, 5) is 19.2. The molecule has 0 aromatic carbocycles. The van der Waals surface area contributed by atoms with Gasteiger partial charge in [-0.2, -0.15) is 18.3 Å². The van der Waals surface area contributed by atoms with Crippen molar-refractivity contribution in [1.29, 1.82) is 0 Å². The number of piperidine rings is 1. The first-order valence-corrected chi connectivity index (χ1v) is 10.1. The molecule has 152 valence electrons. The van der Waals surface area contributed by atoms with E-state index in [2.05, 4.69) is 10.1 Å². The predicted octanol–water partition coefficient (Wildman–Crippen LogP) is 4.34. The van der Waals surface area contributed by atoms with Gasteiger partial charge < -0.3 is 4.90 Å². The fraction of sp³-hybridized carbons (Fsp3) is 0.650. The summed E-state index contributed by atoms with van der Waals surface area (Å²) in [6.07, 6.45) is 2.22. The molecule has 1 aliphatic carbocycles. The quantitative estimate of drug-likeness (QED) is 0.761. The maximum absolute atomic E-state index is 13.6. The van der Waals surface area contributed by atoms with Gasteiger partial charge in [-0.15, -0.1) is 0 Å². The van der Waals surface area contributed by atoms with E-state index in [1.54, 1.807) is 13.0 Å². The second-order valence-corrected chi connectivity index (χ2v) is 8.08. The maximum atomic E-state index is 13.6. The van der Waals surface area contributed by atoms with Crippen LogP contribution in [0.3, 0.4) is 0 Å². The molecule has 0 unspecified atom stereocenters. The summed E-state index contributed by atoms with van der Waals surface area (Å²) in [6.45, 7) is 2.79. The SMILES string of the molecule is Cc1cc2nc([C@@H]3CCCN(C(=O)C4CCCCC4)C3)cc(C(F)(F)F)n2n1. The number of hydrogen-bond acceptors (Lipinski definition) is 3. The van der Waals surface area contributed by atoms with Crippen LogP contribution in [0.5, 0.6) is 0 Å². The Morgan fingerprint density at radius 1 is 1.11 bits per heavy atom. The third kappa shape index (κ3) is 3.73. The van der Waals surface area contributed by atoms with Crippen molar-refractivity contribution < 1.29 is 18.0 Å². The summed E-state index contributed by atoms with van der Waals surface area (Å²) >= 11 is 0. The van der Waals surface area contributed by atoms with E-state index in [1.807, 2.05) is 4.90 Å². The lowest BCUT2D eigenvalue weighted by atomic mass is 9.86. The van der Waals surface area contributed by atoms with Gasteiger partial charge >= 0.3 is 6.18 Å². The largest absolute Gasteiger partial charge is 0.433 e. The van der Waals surface area contributed by atoms with Crippen molar-refractivity contribution in [2.24, 2.45) is 5.92 Å². The Morgan fingerprint density at radius 3 is 2.57 bits per heavy atom. The van der Waals surface area contributed by atoms with Crippen LogP contribution in [-0.4, -0.2) is 38.5 Å². The molecule has 8 heteroatoms. The smallest absolute Gasteiger partial charge is 0.342 e. The van der Waals surface area contributed by atoms with Gasteiger partial charge in [0.25, 0.3) is 0 Å². The second-order valence-electron chi connectivity index (χ2n) is 8.08. The van der Waals surface area contributed by atoms with Gasteiger partial charge in [-0.3, -0.25) is 4.79 Å². The molecule has 1 saturated heterocycles. The van der Waals surface area contributed by atoms with E-state index in [1.165, 1.54) is 6.42 Å². The van der Waals surface area contributed by atoms with E-state index in [-0.39, 0.29) is 23.4 Å². The molecule has 1 aliphatic heterocycles. The van der Waals surface area contributed by atoms with E-state index < -0.39 is 11.9 Å². The number of rotatable bonds is 2. The fourth-order valence-corrected chi connectivity index (χ4v) is 4.55. The second kappa shape index (κ2) is 7.37. The van der Waals surface area contributed by atoms with Gasteiger partial charge in [0.2, 0.25) is 5.91 Å². The molecule has 0 spiro atoms. The Labute approximate surface area is 161 Å². The Hall–Kier alpha value is -2.12. The zero-order valence-corrected chi connectivity index (χ0v) is 16.0. The van der Waals surface area contributed by atoms with E-state index in [0.29, 0.717) is 24.5 Å². The van der Waals surface area contributed by atoms with Crippen LogP contribution in [0.2, 0.25) is 0 Å². The predicted molar refractivity (Wildman–Crippen MR) is 97.9 cm³/mol. The van der Waals surface area contributed by atoms with Gasteiger partial charge in [0.15, 0.2) is 5.65 Å². The number of amides is 1. The first kappa shape index (κ1) is 19.2. The van der Waals surface area contributed by atoms with E-state index in [0.717, 1.165) is 49.1 Å². The van der Waals surface area contributed by atoms with Crippen LogP contribution in [-0.2, 0) is 11.0 Å². The first-order chi connectivity index (χ1) is 13.3. The van der Waals surface area contributed by atoms with Crippen LogP contribution >= 0.6 is 0 Å². The highest BCUT2D eigenvalue weighted by atomic mass is 19.4. The molecule has 5 nitrogen and oxygen atoms in total. The van der Waals surface area contributed by atoms with Gasteiger partial charge in [-0.05, 0) is 38.7 Å². The summed E-state index contributed by atoms with van der Waals surface area (Å²) in [5.74, 6) is 0.0653. The van der Waals surface area contributed by atoms with Crippen LogP contribution in [0.1, 0.15) is 67.9 Å². The molecular formula is C20H25F3N4O. The lowest BCUT2D eigenvalue weighted by Gasteiger charge is -2.35. The zero-order chi connectivity index (χ0) is 19.9. The monoisotopic (exact) mass is 394 g/mol. The summed E-state index contributed by atoms with van der Waals surface area (Å²) in [5, 5.41) is 3.94. The van der Waals surface area contributed by atoms with E-state index in [9.17, 15) is 18.0 Å². The van der Waals surface area contributed by atoms with Gasteiger partial charge in [-0.25, -0.2) is 9.50 Å². The van der Waals surface area contributed by atoms with Crippen molar-refractivity contribution >= 4 is 11.6 Å². The molecule has 1 atom stereocenters. The molecule has 4 rings (SSSR count). The molecule has 2 aromatic heterocycles. The van der Waals surface area contributed by atoms with Gasteiger partial charge in [-0.1, -0.05) is 19.3 Å². The molecule has 3 heterocycles. The van der Waals surface area contributed by atoms with Crippen LogP contribution in [0, 0.1) is 12.8 Å². The highest BCUT2D eigenvalue weighted by molar-refractivity contribution is 5.79. The summed E-state index contributed by atoms with van der Waals surface area (Å²) in [5.41, 5.74) is 0.295. The Bertz CT molecular complexity index is 870. The molecule has 0 bridgehead atoms. The number of alkyl halides is 3. The first-order valence-electron chi connectivity index (χ1n) is 10.1. The standard InChI is InChI=1S/C20H25F3N4O/c1-13-10-18-24-16(11-17(20(21,22)23)27(18)25-13)15-8-5-9-26(12-15)19(28)14-6-3-2-4-7-14/h10-11,14-15H,2-9,12H2,1H3/t15-/m1/s1. The number of aryl methyl sites for hydroxylation is 1. The van der Waals surface area contributed by atoms with E-state index in [4.69, 9.17) is 0 Å². The highest BCUT2D eigenvalue weighted by Crippen LogP contribution is 2.34. The van der Waals surface area contributed by atoms with Crippen molar-refractivity contribution in [2.75, 3.05) is 13.1 Å². The summed E-state index contributed by atoms with van der Waals surface area (Å²) < 4.78 is 41.6. The van der Waals surface area contributed by atoms with Crippen molar-refractivity contribution in [3.63, 3.8) is 0 Å². The minimum atomic E-state index is -4.51. The topological polar surface area (TPSA) is 50.5 Å². The molecule has 0 radical (unpaired) electrons. The minimum Gasteiger partial charge on any atom is -0.342 e. The average molecular weight is 394 g/mol. The van der Waals surface area contributed by atoms with Crippen LogP contribution < -0.4 is 0 Å². The van der Waals surface area contributed by atoms with Gasteiger partial charge in [0.1, 0.15) is 5.69 Å². The van der Waals surface area contributed by atoms with Gasteiger partial charge in [0, 0.05) is 36.7 Å². The van der Waals surface area contributed by atoms with Crippen LogP contribution in [0.4, 0.5) is 13.2 Å². The molecular weight excluding hydrogens is 369 g/mol. The van der Waals surface area contributed by atoms with Crippen LogP contribution in [0.15, 0.2) is 12.1 Å². The van der Waals surface area contributed by atoms with Crippen molar-refractivity contribution in [3.05, 3.63) is 29.2 Å². The van der Waals surface area contributed by atoms with Crippen LogP contribution in [0.25, 0.3) is 5.65 Å². The van der Waals surface area contributed by atoms with Crippen molar-refractivity contribution in [2.45, 2.75) is 64.0 Å². The number of likely N-dealkylation sites (tertiary alicyclic amines) is 1. The number of nitrogens with zero attached hydrogens (tertiary/aromatic N) is 4. The normalized spacial score (nSPS) is 22.0. The highest BCUT2D eigenvalue weighted by Gasteiger charge is 2.37. The molecule has 0 N–H and O–H groups in total. The fourth-order valence-electron chi connectivity index (χ4n) is 4.55. The zero-order valence-electron chi connectivity index (χ0n) is 16.0. The number of fused-ring (bicyclic) bond motifs is 1. The molecule has 1 saturated carbocycles. The Morgan fingerprint density at radius 2 is 1.86 bits per heavy atom. The lowest BCUT2D eigenvalue weighted by molar-refractivity contribution is -0.143. The van der Waals surface area contributed by atoms with Gasteiger partial charge in [0.05, 0.1) is 5.69 Å². The Kier molecular flexibility index (Phi) is 5.05. The van der Waals surface area contributed by atoms with Crippen molar-refractivity contribution in [3.8, 4) is 0 Å². The molecule has 2 fully saturated rings. The third-order valence-electron chi connectivity index (χ3n) is 5.97. The number of hydrogen-bond donors (Lipinski definition) is 0. The summed E-state index contributed by atoms with van der Waals surface area (Å²) in [6, 6.07) is 2.67. The number of carbonyl (C=O) groups is 1. The molecule has 28 heavy (non-hydrogen) atoms. The minimum absolute atomic E-state index is 0.0751. The maximum Gasteiger partial charge on any atom is 0.433 e. The Balaban J connectivity index is 1.61. The molecule has 2 aromatic rings. The van der Waals surface area contributed by atoms with Crippen molar-refractivity contribution in [1.82, 2.24) is 19.5 Å². The van der Waals surface area contributed by atoms with E-state index >= 15 is 0 Å². The third-order valence-corrected chi connectivity index (χ3v) is 5.97.